The zero-order valence-corrected chi connectivity index (χ0v) is 12.6. The van der Waals surface area contributed by atoms with Gasteiger partial charge in [-0.15, -0.1) is 0 Å². The first-order chi connectivity index (χ1) is 8.34. The SMILES string of the molecule is CCCC(C)CCc1ccc(O)cc1C(C)(C)C. The van der Waals surface area contributed by atoms with Crippen LogP contribution in [0, 0.1) is 5.92 Å². The third kappa shape index (κ3) is 4.36. The maximum absolute atomic E-state index is 9.66. The Morgan fingerprint density at radius 3 is 2.39 bits per heavy atom. The van der Waals surface area contributed by atoms with E-state index < -0.39 is 0 Å². The number of aryl methyl sites for hydroxylation is 1. The highest BCUT2D eigenvalue weighted by Crippen LogP contribution is 2.30. The molecule has 1 nitrogen and oxygen atoms in total. The van der Waals surface area contributed by atoms with Crippen molar-refractivity contribution in [3.63, 3.8) is 0 Å². The average molecular weight is 248 g/mol. The molecule has 0 bridgehead atoms. The second-order valence-electron chi connectivity index (χ2n) is 6.52. The maximum Gasteiger partial charge on any atom is 0.115 e. The summed E-state index contributed by atoms with van der Waals surface area (Å²) in [5.74, 6) is 1.17. The van der Waals surface area contributed by atoms with Crippen molar-refractivity contribution in [2.24, 2.45) is 5.92 Å². The van der Waals surface area contributed by atoms with Crippen molar-refractivity contribution >= 4 is 0 Å². The van der Waals surface area contributed by atoms with E-state index in [1.165, 1.54) is 30.4 Å². The van der Waals surface area contributed by atoms with E-state index in [9.17, 15) is 5.11 Å². The van der Waals surface area contributed by atoms with Crippen LogP contribution in [0.1, 0.15) is 65.0 Å². The highest BCUT2D eigenvalue weighted by Gasteiger charge is 2.18. The van der Waals surface area contributed by atoms with Crippen molar-refractivity contribution in [3.05, 3.63) is 29.3 Å². The Morgan fingerprint density at radius 1 is 1.17 bits per heavy atom. The van der Waals surface area contributed by atoms with Crippen molar-refractivity contribution in [2.75, 3.05) is 0 Å². The Bertz CT molecular complexity index is 374. The highest BCUT2D eigenvalue weighted by atomic mass is 16.3. The lowest BCUT2D eigenvalue weighted by Crippen LogP contribution is -2.14. The fourth-order valence-corrected chi connectivity index (χ4v) is 2.52. The zero-order valence-electron chi connectivity index (χ0n) is 12.6. The molecule has 0 heterocycles. The van der Waals surface area contributed by atoms with Crippen LogP contribution < -0.4 is 0 Å². The first-order valence-electron chi connectivity index (χ1n) is 7.17. The van der Waals surface area contributed by atoms with Gasteiger partial charge in [0.15, 0.2) is 0 Å². The van der Waals surface area contributed by atoms with Crippen LogP contribution in [0.4, 0.5) is 0 Å². The summed E-state index contributed by atoms with van der Waals surface area (Å²) in [6, 6.07) is 5.84. The monoisotopic (exact) mass is 248 g/mol. The molecule has 1 rings (SSSR count). The molecule has 0 amide bonds. The van der Waals surface area contributed by atoms with Gasteiger partial charge in [-0.1, -0.05) is 53.5 Å². The van der Waals surface area contributed by atoms with Crippen LogP contribution in [0.3, 0.4) is 0 Å². The Balaban J connectivity index is 2.82. The van der Waals surface area contributed by atoms with Crippen molar-refractivity contribution in [3.8, 4) is 5.75 Å². The fraction of sp³-hybridized carbons (Fsp3) is 0.647. The van der Waals surface area contributed by atoms with Crippen LogP contribution in [0.15, 0.2) is 18.2 Å². The summed E-state index contributed by atoms with van der Waals surface area (Å²) in [5.41, 5.74) is 2.77. The fourth-order valence-electron chi connectivity index (χ4n) is 2.52. The molecule has 0 saturated heterocycles. The summed E-state index contributed by atoms with van der Waals surface area (Å²) in [6.07, 6.45) is 4.93. The molecule has 0 radical (unpaired) electrons. The molecule has 1 unspecified atom stereocenters. The maximum atomic E-state index is 9.66. The van der Waals surface area contributed by atoms with E-state index in [0.717, 1.165) is 12.3 Å². The lowest BCUT2D eigenvalue weighted by molar-refractivity contribution is 0.466. The quantitative estimate of drug-likeness (QED) is 0.772. The van der Waals surface area contributed by atoms with Gasteiger partial charge in [0.05, 0.1) is 0 Å². The Morgan fingerprint density at radius 2 is 1.83 bits per heavy atom. The lowest BCUT2D eigenvalue weighted by Gasteiger charge is -2.24. The van der Waals surface area contributed by atoms with E-state index in [2.05, 4.69) is 40.7 Å². The molecule has 1 heteroatoms. The molecule has 0 aliphatic heterocycles. The summed E-state index contributed by atoms with van der Waals surface area (Å²) in [6.45, 7) is 11.2. The Kier molecular flexibility index (Phi) is 5.25. The summed E-state index contributed by atoms with van der Waals surface area (Å²) >= 11 is 0. The second kappa shape index (κ2) is 6.26. The minimum absolute atomic E-state index is 0.0993. The van der Waals surface area contributed by atoms with E-state index in [4.69, 9.17) is 0 Å². The smallest absolute Gasteiger partial charge is 0.115 e. The predicted molar refractivity (Wildman–Crippen MR) is 79.2 cm³/mol. The summed E-state index contributed by atoms with van der Waals surface area (Å²) in [7, 11) is 0. The molecule has 0 fully saturated rings. The number of benzene rings is 1. The van der Waals surface area contributed by atoms with Gasteiger partial charge in [-0.2, -0.15) is 0 Å². The van der Waals surface area contributed by atoms with Crippen LogP contribution in [0.25, 0.3) is 0 Å². The largest absolute Gasteiger partial charge is 0.508 e. The third-order valence-electron chi connectivity index (χ3n) is 3.59. The van der Waals surface area contributed by atoms with E-state index in [1.807, 2.05) is 12.1 Å². The Hall–Kier alpha value is -0.980. The minimum Gasteiger partial charge on any atom is -0.508 e. The number of aromatic hydroxyl groups is 1. The van der Waals surface area contributed by atoms with Crippen molar-refractivity contribution < 1.29 is 5.11 Å². The highest BCUT2D eigenvalue weighted by molar-refractivity contribution is 5.39. The second-order valence-corrected chi connectivity index (χ2v) is 6.52. The van der Waals surface area contributed by atoms with Gasteiger partial charge in [0.1, 0.15) is 5.75 Å². The predicted octanol–water partition coefficient (Wildman–Crippen LogP) is 5.06. The minimum atomic E-state index is 0.0993. The number of hydrogen-bond acceptors (Lipinski definition) is 1. The molecule has 1 aromatic carbocycles. The standard InChI is InChI=1S/C17H28O/c1-6-7-13(2)8-9-14-10-11-15(18)12-16(14)17(3,4)5/h10-13,18H,6-9H2,1-5H3. The summed E-state index contributed by atoms with van der Waals surface area (Å²) in [5, 5.41) is 9.66. The van der Waals surface area contributed by atoms with Crippen LogP contribution in [-0.4, -0.2) is 5.11 Å². The van der Waals surface area contributed by atoms with Crippen LogP contribution >= 0.6 is 0 Å². The topological polar surface area (TPSA) is 20.2 Å². The van der Waals surface area contributed by atoms with Crippen LogP contribution in [0.2, 0.25) is 0 Å². The molecule has 0 spiro atoms. The van der Waals surface area contributed by atoms with Gasteiger partial charge in [0.2, 0.25) is 0 Å². The third-order valence-corrected chi connectivity index (χ3v) is 3.59. The molecule has 1 aromatic rings. The molecule has 0 aromatic heterocycles. The average Bonchev–Trinajstić information content (AvgIpc) is 2.26. The molecule has 1 atom stereocenters. The molecule has 0 saturated carbocycles. The Labute approximate surface area is 112 Å². The first kappa shape index (κ1) is 15.1. The number of phenols is 1. The van der Waals surface area contributed by atoms with Crippen LogP contribution in [-0.2, 0) is 11.8 Å². The first-order valence-corrected chi connectivity index (χ1v) is 7.17. The van der Waals surface area contributed by atoms with Gasteiger partial charge >= 0.3 is 0 Å². The molecule has 18 heavy (non-hydrogen) atoms. The zero-order chi connectivity index (χ0) is 13.8. The molecule has 1 N–H and O–H groups in total. The van der Waals surface area contributed by atoms with E-state index >= 15 is 0 Å². The molecular weight excluding hydrogens is 220 g/mol. The van der Waals surface area contributed by atoms with Gasteiger partial charge in [-0.25, -0.2) is 0 Å². The number of phenolic OH excluding ortho intramolecular Hbond substituents is 1. The van der Waals surface area contributed by atoms with Gasteiger partial charge in [-0.3, -0.25) is 0 Å². The summed E-state index contributed by atoms with van der Waals surface area (Å²) in [4.78, 5) is 0. The molecule has 102 valence electrons. The van der Waals surface area contributed by atoms with Crippen molar-refractivity contribution in [2.45, 2.75) is 65.7 Å². The van der Waals surface area contributed by atoms with Gasteiger partial charge < -0.3 is 5.11 Å². The molecule has 0 aliphatic carbocycles. The van der Waals surface area contributed by atoms with E-state index in [0.29, 0.717) is 5.75 Å². The van der Waals surface area contributed by atoms with Gasteiger partial charge in [0, 0.05) is 0 Å². The van der Waals surface area contributed by atoms with Crippen LogP contribution in [0.5, 0.6) is 5.75 Å². The summed E-state index contributed by atoms with van der Waals surface area (Å²) < 4.78 is 0. The van der Waals surface area contributed by atoms with E-state index in [-0.39, 0.29) is 5.41 Å². The van der Waals surface area contributed by atoms with Crippen molar-refractivity contribution in [1.29, 1.82) is 0 Å². The number of rotatable bonds is 5. The molecular formula is C17H28O. The van der Waals surface area contributed by atoms with Gasteiger partial charge in [-0.05, 0) is 47.4 Å². The number of hydrogen-bond donors (Lipinski definition) is 1. The van der Waals surface area contributed by atoms with E-state index in [1.54, 1.807) is 0 Å². The van der Waals surface area contributed by atoms with Gasteiger partial charge in [0.25, 0.3) is 0 Å². The lowest BCUT2D eigenvalue weighted by atomic mass is 9.81. The normalized spacial score (nSPS) is 13.6. The van der Waals surface area contributed by atoms with Crippen molar-refractivity contribution in [1.82, 2.24) is 0 Å². The molecule has 0 aliphatic rings.